The van der Waals surface area contributed by atoms with Crippen molar-refractivity contribution in [3.63, 3.8) is 0 Å². The van der Waals surface area contributed by atoms with Crippen LogP contribution >= 0.6 is 0 Å². The summed E-state index contributed by atoms with van der Waals surface area (Å²) in [5.74, 6) is -5.40. The molecule has 7 nitrogen and oxygen atoms in total. The van der Waals surface area contributed by atoms with Crippen molar-refractivity contribution in [1.82, 2.24) is 4.98 Å². The van der Waals surface area contributed by atoms with Crippen molar-refractivity contribution >= 4 is 28.7 Å². The normalized spacial score (nSPS) is 10.4. The Morgan fingerprint density at radius 2 is 2.04 bits per heavy atom. The summed E-state index contributed by atoms with van der Waals surface area (Å²) in [4.78, 5) is 26.5. The Bertz CT molecular complexity index is 948. The molecule has 0 saturated carbocycles. The minimum atomic E-state index is -1.48. The Labute approximate surface area is 151 Å². The summed E-state index contributed by atoms with van der Waals surface area (Å²) in [6.45, 7) is 6.59. The second kappa shape index (κ2) is 7.85. The fourth-order valence-corrected chi connectivity index (χ4v) is 2.34. The van der Waals surface area contributed by atoms with Crippen molar-refractivity contribution < 1.29 is 27.6 Å². The molecule has 0 aliphatic rings. The molecule has 0 aliphatic carbocycles. The van der Waals surface area contributed by atoms with Crippen molar-refractivity contribution in [3.05, 3.63) is 63.6 Å². The summed E-state index contributed by atoms with van der Waals surface area (Å²) in [5, 5.41) is 13.8. The van der Waals surface area contributed by atoms with Gasteiger partial charge >= 0.3 is 11.7 Å². The fourth-order valence-electron chi connectivity index (χ4n) is 2.34. The molecule has 2 rings (SSSR count). The predicted octanol–water partition coefficient (Wildman–Crippen LogP) is 4.36. The topological polar surface area (TPSA) is 94.4 Å². The minimum Gasteiger partial charge on any atom is -0.462 e. The molecule has 0 aliphatic heterocycles. The van der Waals surface area contributed by atoms with E-state index < -0.39 is 45.5 Å². The highest BCUT2D eigenvalue weighted by Crippen LogP contribution is 2.36. The van der Waals surface area contributed by atoms with Crippen molar-refractivity contribution in [2.75, 3.05) is 11.9 Å². The van der Waals surface area contributed by atoms with E-state index in [1.165, 1.54) is 6.92 Å². The van der Waals surface area contributed by atoms with E-state index in [9.17, 15) is 28.1 Å². The number of nitro groups is 1. The summed E-state index contributed by atoms with van der Waals surface area (Å²) in [5.41, 5.74) is -1.67. The van der Waals surface area contributed by atoms with Gasteiger partial charge in [0.25, 0.3) is 0 Å². The molecular weight excluding hydrogens is 367 g/mol. The van der Waals surface area contributed by atoms with E-state index in [1.807, 2.05) is 0 Å². The van der Waals surface area contributed by atoms with E-state index in [0.29, 0.717) is 12.1 Å². The van der Waals surface area contributed by atoms with Gasteiger partial charge in [0.05, 0.1) is 28.3 Å². The Morgan fingerprint density at radius 1 is 1.37 bits per heavy atom. The van der Waals surface area contributed by atoms with Crippen LogP contribution in [0.2, 0.25) is 0 Å². The molecule has 10 heteroatoms. The second-order valence-corrected chi connectivity index (χ2v) is 5.38. The van der Waals surface area contributed by atoms with Crippen LogP contribution in [0, 0.1) is 27.6 Å². The molecule has 27 heavy (non-hydrogen) atoms. The molecule has 142 valence electrons. The minimum absolute atomic E-state index is 0.0239. The molecule has 0 atom stereocenters. The third-order valence-corrected chi connectivity index (χ3v) is 3.40. The Kier molecular flexibility index (Phi) is 5.78. The number of hydrogen-bond acceptors (Lipinski definition) is 6. The standard InChI is InChI=1S/C17H14F3N3O4/c1-4-27-17(24)10-7-21-16(15(23(25)26)13(10)8(2)3)22-12-6-9(18)5-11(19)14(12)20/h5-7H,2,4H2,1,3H3,(H,21,22). The van der Waals surface area contributed by atoms with Crippen LogP contribution in [-0.2, 0) is 4.74 Å². The Hall–Kier alpha value is -3.43. The van der Waals surface area contributed by atoms with Crippen LogP contribution in [-0.4, -0.2) is 22.5 Å². The highest BCUT2D eigenvalue weighted by atomic mass is 19.2. The molecule has 0 amide bonds. The zero-order chi connectivity index (χ0) is 20.3. The van der Waals surface area contributed by atoms with Crippen LogP contribution in [0.15, 0.2) is 24.9 Å². The van der Waals surface area contributed by atoms with Crippen molar-refractivity contribution in [2.24, 2.45) is 0 Å². The molecule has 2 aromatic rings. The molecule has 1 heterocycles. The van der Waals surface area contributed by atoms with Gasteiger partial charge in [0.15, 0.2) is 11.6 Å². The van der Waals surface area contributed by atoms with Crippen LogP contribution in [0.3, 0.4) is 0 Å². The number of pyridine rings is 1. The van der Waals surface area contributed by atoms with Crippen molar-refractivity contribution in [1.29, 1.82) is 0 Å². The maximum atomic E-state index is 13.9. The van der Waals surface area contributed by atoms with Crippen LogP contribution in [0.4, 0.5) is 30.4 Å². The van der Waals surface area contributed by atoms with Gasteiger partial charge in [-0.3, -0.25) is 10.1 Å². The summed E-state index contributed by atoms with van der Waals surface area (Å²) in [6.07, 6.45) is 0.977. The number of rotatable bonds is 6. The SMILES string of the molecule is C=C(C)c1c(C(=O)OCC)cnc(Nc2cc(F)cc(F)c2F)c1[N+](=O)[O-]. The number of allylic oxidation sites excluding steroid dienone is 1. The zero-order valence-corrected chi connectivity index (χ0v) is 14.3. The molecular formula is C17H14F3N3O4. The number of hydrogen-bond donors (Lipinski definition) is 1. The first-order valence-corrected chi connectivity index (χ1v) is 7.59. The highest BCUT2D eigenvalue weighted by molar-refractivity contribution is 5.98. The molecule has 0 fully saturated rings. The van der Waals surface area contributed by atoms with Crippen LogP contribution in [0.25, 0.3) is 5.57 Å². The number of anilines is 2. The molecule has 1 aromatic heterocycles. The molecule has 0 unspecified atom stereocenters. The summed E-state index contributed by atoms with van der Waals surface area (Å²) in [7, 11) is 0. The van der Waals surface area contributed by atoms with E-state index in [-0.39, 0.29) is 23.3 Å². The van der Waals surface area contributed by atoms with E-state index in [1.54, 1.807) is 6.92 Å². The van der Waals surface area contributed by atoms with Gasteiger partial charge < -0.3 is 10.1 Å². The molecule has 0 bridgehead atoms. The third-order valence-electron chi connectivity index (χ3n) is 3.40. The van der Waals surface area contributed by atoms with Gasteiger partial charge in [0.1, 0.15) is 5.82 Å². The average Bonchev–Trinajstić information content (AvgIpc) is 2.58. The maximum Gasteiger partial charge on any atom is 0.340 e. The number of halogens is 3. The lowest BCUT2D eigenvalue weighted by Crippen LogP contribution is -2.12. The summed E-state index contributed by atoms with van der Waals surface area (Å²) in [6, 6.07) is 0.940. The number of esters is 1. The van der Waals surface area contributed by atoms with Crippen molar-refractivity contribution in [3.8, 4) is 0 Å². The number of benzene rings is 1. The van der Waals surface area contributed by atoms with Gasteiger partial charge in [0, 0.05) is 18.3 Å². The average molecular weight is 381 g/mol. The van der Waals surface area contributed by atoms with Gasteiger partial charge in [-0.2, -0.15) is 0 Å². The molecule has 0 saturated heterocycles. The van der Waals surface area contributed by atoms with Gasteiger partial charge in [0.2, 0.25) is 5.82 Å². The van der Waals surface area contributed by atoms with E-state index in [4.69, 9.17) is 4.74 Å². The van der Waals surface area contributed by atoms with Gasteiger partial charge in [-0.1, -0.05) is 6.58 Å². The Morgan fingerprint density at radius 3 is 2.59 bits per heavy atom. The first-order chi connectivity index (χ1) is 12.7. The highest BCUT2D eigenvalue weighted by Gasteiger charge is 2.29. The monoisotopic (exact) mass is 381 g/mol. The van der Waals surface area contributed by atoms with Gasteiger partial charge in [-0.25, -0.2) is 22.9 Å². The number of nitrogens with zero attached hydrogens (tertiary/aromatic N) is 2. The molecule has 1 aromatic carbocycles. The number of carbonyl (C=O) groups is 1. The number of carbonyl (C=O) groups excluding carboxylic acids is 1. The van der Waals surface area contributed by atoms with E-state index in [0.717, 1.165) is 6.20 Å². The van der Waals surface area contributed by atoms with Crippen molar-refractivity contribution in [2.45, 2.75) is 13.8 Å². The van der Waals surface area contributed by atoms with E-state index in [2.05, 4.69) is 16.9 Å². The lowest BCUT2D eigenvalue weighted by atomic mass is 10.0. The number of aromatic nitrogens is 1. The number of nitrogens with one attached hydrogen (secondary N) is 1. The van der Waals surface area contributed by atoms with Crippen LogP contribution in [0.5, 0.6) is 0 Å². The maximum absolute atomic E-state index is 13.9. The molecule has 0 spiro atoms. The summed E-state index contributed by atoms with van der Waals surface area (Å²) < 4.78 is 45.4. The lowest BCUT2D eigenvalue weighted by Gasteiger charge is -2.13. The second-order valence-electron chi connectivity index (χ2n) is 5.38. The predicted molar refractivity (Wildman–Crippen MR) is 91.2 cm³/mol. The quantitative estimate of drug-likeness (QED) is 0.346. The summed E-state index contributed by atoms with van der Waals surface area (Å²) >= 11 is 0. The lowest BCUT2D eigenvalue weighted by molar-refractivity contribution is -0.384. The molecule has 1 N–H and O–H groups in total. The first-order valence-electron chi connectivity index (χ1n) is 7.59. The van der Waals surface area contributed by atoms with Crippen LogP contribution < -0.4 is 5.32 Å². The first kappa shape index (κ1) is 19.9. The number of ether oxygens (including phenoxy) is 1. The van der Waals surface area contributed by atoms with Gasteiger partial charge in [-0.05, 0) is 19.4 Å². The molecule has 0 radical (unpaired) electrons. The van der Waals surface area contributed by atoms with E-state index >= 15 is 0 Å². The van der Waals surface area contributed by atoms with Gasteiger partial charge in [-0.15, -0.1) is 0 Å². The third kappa shape index (κ3) is 4.05. The fraction of sp³-hybridized carbons (Fsp3) is 0.176. The Balaban J connectivity index is 2.68. The van der Waals surface area contributed by atoms with Crippen LogP contribution in [0.1, 0.15) is 29.8 Å². The zero-order valence-electron chi connectivity index (χ0n) is 14.3. The largest absolute Gasteiger partial charge is 0.462 e. The smallest absolute Gasteiger partial charge is 0.340 e.